The summed E-state index contributed by atoms with van der Waals surface area (Å²) in [5, 5.41) is 3.28. The summed E-state index contributed by atoms with van der Waals surface area (Å²) in [6, 6.07) is 6.40. The number of likely N-dealkylation sites (N-methyl/N-ethyl adjacent to an activating group) is 1. The van der Waals surface area contributed by atoms with Crippen molar-refractivity contribution in [3.63, 3.8) is 0 Å². The Balaban J connectivity index is 1.71. The van der Waals surface area contributed by atoms with Gasteiger partial charge < -0.3 is 10.2 Å². The molecule has 1 aromatic rings. The van der Waals surface area contributed by atoms with Gasteiger partial charge >= 0.3 is 0 Å². The van der Waals surface area contributed by atoms with E-state index >= 15 is 0 Å². The quantitative estimate of drug-likeness (QED) is 0.492. The number of benzene rings is 1. The molecule has 4 amide bonds. The zero-order valence-corrected chi connectivity index (χ0v) is 18.6. The van der Waals surface area contributed by atoms with E-state index in [0.717, 1.165) is 5.56 Å². The third kappa shape index (κ3) is 5.15. The lowest BCUT2D eigenvalue weighted by molar-refractivity contribution is -0.143. The smallest absolute Gasteiger partial charge is 0.242 e. The van der Waals surface area contributed by atoms with Gasteiger partial charge in [0.1, 0.15) is 6.04 Å². The van der Waals surface area contributed by atoms with Crippen molar-refractivity contribution in [3.8, 4) is 0 Å². The van der Waals surface area contributed by atoms with Gasteiger partial charge in [0, 0.05) is 31.1 Å². The molecule has 2 aliphatic rings. The second-order valence-electron chi connectivity index (χ2n) is 7.96. The van der Waals surface area contributed by atoms with Crippen molar-refractivity contribution in [2.24, 2.45) is 11.8 Å². The Morgan fingerprint density at radius 1 is 1.19 bits per heavy atom. The molecule has 0 radical (unpaired) electrons. The maximum Gasteiger partial charge on any atom is 0.242 e. The van der Waals surface area contributed by atoms with Crippen LogP contribution in [0.5, 0.6) is 0 Å². The number of carbonyl (C=O) groups is 4. The van der Waals surface area contributed by atoms with E-state index in [4.69, 9.17) is 11.6 Å². The van der Waals surface area contributed by atoms with Crippen LogP contribution in [-0.4, -0.2) is 52.6 Å². The molecule has 3 atom stereocenters. The summed E-state index contributed by atoms with van der Waals surface area (Å²) in [6.45, 7) is 4.16. The fourth-order valence-corrected chi connectivity index (χ4v) is 4.39. The molecule has 0 saturated carbocycles. The number of hydrogen-bond donors (Lipinski definition) is 1. The van der Waals surface area contributed by atoms with Gasteiger partial charge in [-0.1, -0.05) is 35.9 Å². The molecule has 0 unspecified atom stereocenters. The minimum Gasteiger partial charge on any atom is -0.355 e. The molecule has 3 rings (SSSR count). The third-order valence-electron chi connectivity index (χ3n) is 5.91. The number of imide groups is 1. The second kappa shape index (κ2) is 10.1. The largest absolute Gasteiger partial charge is 0.355 e. The Morgan fingerprint density at radius 2 is 1.84 bits per heavy atom. The Bertz CT molecular complexity index is 875. The summed E-state index contributed by atoms with van der Waals surface area (Å²) in [5.41, 5.74) is 0.794. The Kier molecular flexibility index (Phi) is 7.49. The van der Waals surface area contributed by atoms with Gasteiger partial charge in [0.25, 0.3) is 0 Å². The monoisotopic (exact) mass is 445 g/mol. The van der Waals surface area contributed by atoms with Gasteiger partial charge in [-0.15, -0.1) is 0 Å². The molecule has 0 spiro atoms. The Morgan fingerprint density at radius 3 is 2.42 bits per heavy atom. The van der Waals surface area contributed by atoms with Crippen LogP contribution in [-0.2, 0) is 25.7 Å². The first-order chi connectivity index (χ1) is 14.8. The summed E-state index contributed by atoms with van der Waals surface area (Å²) in [6.07, 6.45) is 4.96. The molecule has 0 aromatic heterocycles. The number of halogens is 1. The van der Waals surface area contributed by atoms with Gasteiger partial charge in [-0.05, 0) is 44.4 Å². The molecule has 166 valence electrons. The molecule has 8 heteroatoms. The fraction of sp³-hybridized carbons (Fsp3) is 0.478. The van der Waals surface area contributed by atoms with E-state index in [1.165, 1.54) is 9.80 Å². The molecule has 1 aromatic carbocycles. The highest BCUT2D eigenvalue weighted by atomic mass is 35.5. The molecule has 1 saturated heterocycles. The summed E-state index contributed by atoms with van der Waals surface area (Å²) >= 11 is 6.07. The molecule has 1 aliphatic heterocycles. The van der Waals surface area contributed by atoms with E-state index in [0.29, 0.717) is 24.4 Å². The van der Waals surface area contributed by atoms with Crippen molar-refractivity contribution >= 4 is 35.2 Å². The highest BCUT2D eigenvalue weighted by Crippen LogP contribution is 2.35. The Labute approximate surface area is 187 Å². The molecule has 31 heavy (non-hydrogen) atoms. The topological polar surface area (TPSA) is 86.8 Å². The summed E-state index contributed by atoms with van der Waals surface area (Å²) in [5.74, 6) is -1.60. The predicted molar refractivity (Wildman–Crippen MR) is 117 cm³/mol. The standard InChI is InChI=1S/C23H28ClN3O4/c1-3-25-21(29)15(2)27(14-16-7-6-8-17(24)13-16)20(28)11-12-26-22(30)18-9-4-5-10-19(18)23(26)31/h4-8,13,15,18-19H,3,9-12,14H2,1-2H3,(H,25,29)/t15-,18-,19+/m1/s1. The lowest BCUT2D eigenvalue weighted by Crippen LogP contribution is -2.48. The van der Waals surface area contributed by atoms with Crippen molar-refractivity contribution in [2.75, 3.05) is 13.1 Å². The SMILES string of the molecule is CCNC(=O)[C@@H](C)N(Cc1cccc(Cl)c1)C(=O)CCN1C(=O)[C@H]2CC=CC[C@H]2C1=O. The van der Waals surface area contributed by atoms with Crippen molar-refractivity contribution < 1.29 is 19.2 Å². The first-order valence-electron chi connectivity index (χ1n) is 10.6. The number of nitrogens with one attached hydrogen (secondary N) is 1. The number of amides is 4. The van der Waals surface area contributed by atoms with Gasteiger partial charge in [0.05, 0.1) is 11.8 Å². The first-order valence-corrected chi connectivity index (χ1v) is 11.0. The molecule has 1 aliphatic carbocycles. The molecular formula is C23H28ClN3O4. The van der Waals surface area contributed by atoms with Gasteiger partial charge in [-0.25, -0.2) is 0 Å². The average molecular weight is 446 g/mol. The van der Waals surface area contributed by atoms with Crippen LogP contribution in [0.25, 0.3) is 0 Å². The number of nitrogens with zero attached hydrogens (tertiary/aromatic N) is 2. The molecule has 1 fully saturated rings. The van der Waals surface area contributed by atoms with E-state index in [-0.39, 0.29) is 55.0 Å². The highest BCUT2D eigenvalue weighted by Gasteiger charge is 2.47. The van der Waals surface area contributed by atoms with Gasteiger partial charge in [-0.3, -0.25) is 24.1 Å². The van der Waals surface area contributed by atoms with Gasteiger partial charge in [-0.2, -0.15) is 0 Å². The Hall–Kier alpha value is -2.67. The molecular weight excluding hydrogens is 418 g/mol. The van der Waals surface area contributed by atoms with Crippen molar-refractivity contribution in [1.29, 1.82) is 0 Å². The second-order valence-corrected chi connectivity index (χ2v) is 8.39. The lowest BCUT2D eigenvalue weighted by Gasteiger charge is -2.29. The van der Waals surface area contributed by atoms with Crippen molar-refractivity contribution in [2.45, 2.75) is 45.7 Å². The lowest BCUT2D eigenvalue weighted by atomic mass is 9.85. The minimum absolute atomic E-state index is 0.0255. The number of allylic oxidation sites excluding steroid dienone is 2. The van der Waals surface area contributed by atoms with Crippen LogP contribution in [0.2, 0.25) is 5.02 Å². The normalized spacial score (nSPS) is 21.1. The summed E-state index contributed by atoms with van der Waals surface area (Å²) in [7, 11) is 0. The minimum atomic E-state index is -0.705. The number of hydrogen-bond acceptors (Lipinski definition) is 4. The molecule has 1 N–H and O–H groups in total. The van der Waals surface area contributed by atoms with Crippen molar-refractivity contribution in [1.82, 2.24) is 15.1 Å². The van der Waals surface area contributed by atoms with Crippen LogP contribution in [0.3, 0.4) is 0 Å². The molecule has 7 nitrogen and oxygen atoms in total. The maximum absolute atomic E-state index is 13.1. The van der Waals surface area contributed by atoms with E-state index in [1.54, 1.807) is 25.1 Å². The van der Waals surface area contributed by atoms with Crippen LogP contribution in [0.4, 0.5) is 0 Å². The number of likely N-dealkylation sites (tertiary alicyclic amines) is 1. The molecule has 1 heterocycles. The van der Waals surface area contributed by atoms with Crippen LogP contribution in [0.15, 0.2) is 36.4 Å². The van der Waals surface area contributed by atoms with E-state index in [9.17, 15) is 19.2 Å². The van der Waals surface area contributed by atoms with Crippen LogP contribution >= 0.6 is 11.6 Å². The number of fused-ring (bicyclic) bond motifs is 1. The number of rotatable bonds is 8. The first kappa shape index (κ1) is 23.0. The average Bonchev–Trinajstić information content (AvgIpc) is 3.00. The van der Waals surface area contributed by atoms with E-state index in [2.05, 4.69) is 5.32 Å². The van der Waals surface area contributed by atoms with E-state index in [1.807, 2.05) is 25.1 Å². The van der Waals surface area contributed by atoms with Crippen LogP contribution in [0, 0.1) is 11.8 Å². The third-order valence-corrected chi connectivity index (χ3v) is 6.14. The highest BCUT2D eigenvalue weighted by molar-refractivity contribution is 6.30. The van der Waals surface area contributed by atoms with Crippen LogP contribution < -0.4 is 5.32 Å². The zero-order valence-electron chi connectivity index (χ0n) is 17.8. The van der Waals surface area contributed by atoms with Crippen molar-refractivity contribution in [3.05, 3.63) is 47.0 Å². The van der Waals surface area contributed by atoms with Crippen LogP contribution in [0.1, 0.15) is 38.7 Å². The maximum atomic E-state index is 13.1. The predicted octanol–water partition coefficient (Wildman–Crippen LogP) is 2.53. The fourth-order valence-electron chi connectivity index (χ4n) is 4.18. The summed E-state index contributed by atoms with van der Waals surface area (Å²) in [4.78, 5) is 53.5. The number of carbonyl (C=O) groups excluding carboxylic acids is 4. The summed E-state index contributed by atoms with van der Waals surface area (Å²) < 4.78 is 0. The van der Waals surface area contributed by atoms with E-state index < -0.39 is 6.04 Å². The zero-order chi connectivity index (χ0) is 22.5. The van der Waals surface area contributed by atoms with Gasteiger partial charge in [0.15, 0.2) is 0 Å². The van der Waals surface area contributed by atoms with Gasteiger partial charge in [0.2, 0.25) is 23.6 Å². The molecule has 0 bridgehead atoms.